The Hall–Kier alpha value is -0.600. The zero-order valence-corrected chi connectivity index (χ0v) is 7.06. The summed E-state index contributed by atoms with van der Waals surface area (Å²) < 4.78 is 24.2. The van der Waals surface area contributed by atoms with Crippen LogP contribution >= 0.6 is 0 Å². The molecule has 0 aliphatic heterocycles. The molecule has 1 aliphatic carbocycles. The van der Waals surface area contributed by atoms with Crippen molar-refractivity contribution >= 4 is 10.0 Å². The molecule has 2 unspecified atom stereocenters. The molecule has 0 heterocycles. The molecule has 0 spiro atoms. The quantitative estimate of drug-likeness (QED) is 0.646. The smallest absolute Gasteiger partial charge is 0.211 e. The lowest BCUT2D eigenvalue weighted by Gasteiger charge is -1.99. The minimum atomic E-state index is -3.31. The van der Waals surface area contributed by atoms with Crippen molar-refractivity contribution < 1.29 is 8.42 Å². The summed E-state index contributed by atoms with van der Waals surface area (Å²) in [6.07, 6.45) is 0.894. The van der Waals surface area contributed by atoms with Gasteiger partial charge in [0, 0.05) is 6.04 Å². The molecule has 0 aromatic carbocycles. The summed E-state index contributed by atoms with van der Waals surface area (Å²) in [6.45, 7) is 1.97. The average molecular weight is 174 g/mol. The third kappa shape index (κ3) is 2.48. The summed E-state index contributed by atoms with van der Waals surface area (Å²) in [6, 6.07) is 1.68. The van der Waals surface area contributed by atoms with Crippen LogP contribution in [0.25, 0.3) is 0 Å². The zero-order chi connectivity index (χ0) is 8.48. The van der Waals surface area contributed by atoms with Gasteiger partial charge in [-0.3, -0.25) is 0 Å². The van der Waals surface area contributed by atoms with Crippen molar-refractivity contribution in [3.63, 3.8) is 0 Å². The second-order valence-corrected chi connectivity index (χ2v) is 4.61. The maximum atomic E-state index is 10.9. The minimum Gasteiger partial charge on any atom is -0.211 e. The molecule has 0 saturated heterocycles. The summed E-state index contributed by atoms with van der Waals surface area (Å²) >= 11 is 0. The highest BCUT2D eigenvalue weighted by Gasteiger charge is 2.35. The van der Waals surface area contributed by atoms with Gasteiger partial charge in [-0.15, -0.1) is 0 Å². The average Bonchev–Trinajstić information content (AvgIpc) is 2.44. The number of hydrogen-bond acceptors (Lipinski definition) is 3. The highest BCUT2D eigenvalue weighted by Crippen LogP contribution is 2.29. The van der Waals surface area contributed by atoms with Crippen molar-refractivity contribution in [2.45, 2.75) is 19.4 Å². The highest BCUT2D eigenvalue weighted by atomic mass is 32.2. The van der Waals surface area contributed by atoms with E-state index in [1.165, 1.54) is 0 Å². The number of sulfonamides is 1. The Bertz CT molecular complexity index is 277. The second kappa shape index (κ2) is 2.80. The first-order chi connectivity index (χ1) is 5.05. The van der Waals surface area contributed by atoms with Gasteiger partial charge in [0.05, 0.1) is 6.07 Å². The van der Waals surface area contributed by atoms with E-state index in [2.05, 4.69) is 4.72 Å². The van der Waals surface area contributed by atoms with E-state index < -0.39 is 15.8 Å². The van der Waals surface area contributed by atoms with E-state index in [1.807, 2.05) is 6.92 Å². The van der Waals surface area contributed by atoms with E-state index in [1.54, 1.807) is 6.07 Å². The van der Waals surface area contributed by atoms with Crippen molar-refractivity contribution in [2.75, 3.05) is 5.75 Å². The van der Waals surface area contributed by atoms with Crippen LogP contribution in [-0.4, -0.2) is 20.2 Å². The van der Waals surface area contributed by atoms with Gasteiger partial charge in [-0.05, 0) is 12.3 Å². The molecular weight excluding hydrogens is 164 g/mol. The van der Waals surface area contributed by atoms with E-state index >= 15 is 0 Å². The van der Waals surface area contributed by atoms with E-state index in [0.717, 1.165) is 6.42 Å². The van der Waals surface area contributed by atoms with Crippen molar-refractivity contribution in [2.24, 2.45) is 5.92 Å². The summed E-state index contributed by atoms with van der Waals surface area (Å²) in [5.74, 6) is -0.000539. The zero-order valence-electron chi connectivity index (χ0n) is 6.24. The van der Waals surface area contributed by atoms with E-state index in [9.17, 15) is 8.42 Å². The topological polar surface area (TPSA) is 70.0 Å². The number of nitrogens with zero attached hydrogens (tertiary/aromatic N) is 1. The first kappa shape index (κ1) is 8.50. The molecule has 1 rings (SSSR count). The Morgan fingerprint density at radius 3 is 2.64 bits per heavy atom. The largest absolute Gasteiger partial charge is 0.225 e. The summed E-state index contributed by atoms with van der Waals surface area (Å²) in [5, 5.41) is 8.13. The molecule has 1 saturated carbocycles. The monoisotopic (exact) mass is 174 g/mol. The lowest BCUT2D eigenvalue weighted by molar-refractivity contribution is 0.582. The molecule has 4 nitrogen and oxygen atoms in total. The molecule has 1 fully saturated rings. The Morgan fingerprint density at radius 2 is 2.27 bits per heavy atom. The molecule has 0 bridgehead atoms. The molecule has 0 amide bonds. The van der Waals surface area contributed by atoms with Crippen LogP contribution in [0.4, 0.5) is 0 Å². The maximum absolute atomic E-state index is 10.9. The molecule has 0 radical (unpaired) electrons. The predicted octanol–water partition coefficient (Wildman–Crippen LogP) is -0.162. The lowest BCUT2D eigenvalue weighted by atomic mass is 10.5. The van der Waals surface area contributed by atoms with Gasteiger partial charge >= 0.3 is 0 Å². The van der Waals surface area contributed by atoms with Crippen molar-refractivity contribution in [3.8, 4) is 6.07 Å². The number of hydrogen-bond donors (Lipinski definition) is 1. The Kier molecular flexibility index (Phi) is 2.16. The number of rotatable bonds is 3. The van der Waals surface area contributed by atoms with E-state index in [-0.39, 0.29) is 6.04 Å². The minimum absolute atomic E-state index is 0.0772. The fourth-order valence-corrected chi connectivity index (χ4v) is 1.89. The number of nitriles is 1. The van der Waals surface area contributed by atoms with E-state index in [0.29, 0.717) is 5.92 Å². The van der Waals surface area contributed by atoms with Gasteiger partial charge in [0.2, 0.25) is 10.0 Å². The van der Waals surface area contributed by atoms with Crippen LogP contribution < -0.4 is 4.72 Å². The first-order valence-corrected chi connectivity index (χ1v) is 5.07. The van der Waals surface area contributed by atoms with E-state index in [4.69, 9.17) is 5.26 Å². The second-order valence-electron chi connectivity index (χ2n) is 2.85. The number of nitrogens with one attached hydrogen (secondary N) is 1. The van der Waals surface area contributed by atoms with Crippen LogP contribution in [0, 0.1) is 17.2 Å². The standard InChI is InChI=1S/C6H10N2O2S/c1-5-4-6(5)8-11(9,10)3-2-7/h5-6,8H,3-4H2,1H3. The Balaban J connectivity index is 2.43. The lowest BCUT2D eigenvalue weighted by Crippen LogP contribution is -2.28. The molecule has 62 valence electrons. The van der Waals surface area contributed by atoms with Crippen molar-refractivity contribution in [1.29, 1.82) is 5.26 Å². The summed E-state index contributed by atoms with van der Waals surface area (Å²) in [5.41, 5.74) is 0. The molecule has 5 heteroatoms. The van der Waals surface area contributed by atoms with Crippen LogP contribution in [-0.2, 0) is 10.0 Å². The Morgan fingerprint density at radius 1 is 1.73 bits per heavy atom. The van der Waals surface area contributed by atoms with Gasteiger partial charge in [-0.1, -0.05) is 6.92 Å². The molecule has 0 aromatic heterocycles. The maximum Gasteiger partial charge on any atom is 0.225 e. The molecule has 1 N–H and O–H groups in total. The summed E-state index contributed by atoms with van der Waals surface area (Å²) in [7, 11) is -3.31. The molecule has 2 atom stereocenters. The summed E-state index contributed by atoms with van der Waals surface area (Å²) in [4.78, 5) is 0. The molecule has 0 aromatic rings. The van der Waals surface area contributed by atoms with Crippen molar-refractivity contribution in [3.05, 3.63) is 0 Å². The van der Waals surface area contributed by atoms with Gasteiger partial charge in [0.25, 0.3) is 0 Å². The third-order valence-corrected chi connectivity index (χ3v) is 2.87. The van der Waals surface area contributed by atoms with Crippen molar-refractivity contribution in [1.82, 2.24) is 4.72 Å². The van der Waals surface area contributed by atoms with Gasteiger partial charge in [-0.25, -0.2) is 13.1 Å². The van der Waals surface area contributed by atoms with Gasteiger partial charge in [-0.2, -0.15) is 5.26 Å². The predicted molar refractivity (Wildman–Crippen MR) is 40.1 cm³/mol. The van der Waals surface area contributed by atoms with Gasteiger partial charge < -0.3 is 0 Å². The SMILES string of the molecule is CC1CC1NS(=O)(=O)CC#N. The highest BCUT2D eigenvalue weighted by molar-refractivity contribution is 7.89. The van der Waals surface area contributed by atoms with Crippen LogP contribution in [0.1, 0.15) is 13.3 Å². The Labute approximate surface area is 66.3 Å². The third-order valence-electron chi connectivity index (χ3n) is 1.69. The van der Waals surface area contributed by atoms with Crippen LogP contribution in [0.15, 0.2) is 0 Å². The molecule has 1 aliphatic rings. The van der Waals surface area contributed by atoms with Crippen LogP contribution in [0.5, 0.6) is 0 Å². The molecule has 11 heavy (non-hydrogen) atoms. The van der Waals surface area contributed by atoms with Gasteiger partial charge in [0.1, 0.15) is 0 Å². The van der Waals surface area contributed by atoms with Crippen LogP contribution in [0.2, 0.25) is 0 Å². The fraction of sp³-hybridized carbons (Fsp3) is 0.833. The normalized spacial score (nSPS) is 29.5. The van der Waals surface area contributed by atoms with Crippen LogP contribution in [0.3, 0.4) is 0 Å². The molecular formula is C6H10N2O2S. The first-order valence-electron chi connectivity index (χ1n) is 3.42. The van der Waals surface area contributed by atoms with Gasteiger partial charge in [0.15, 0.2) is 5.75 Å². The fourth-order valence-electron chi connectivity index (χ4n) is 0.844.